The van der Waals surface area contributed by atoms with Crippen molar-refractivity contribution in [1.82, 2.24) is 0 Å². The smallest absolute Gasteiger partial charge is 0.306 e. The average Bonchev–Trinajstić information content (AvgIpc) is 3.26. The van der Waals surface area contributed by atoms with Crippen LogP contribution in [0.5, 0.6) is 0 Å². The predicted molar refractivity (Wildman–Crippen MR) is 117 cm³/mol. The molecule has 3 rings (SSSR count). The van der Waals surface area contributed by atoms with E-state index >= 15 is 0 Å². The highest BCUT2D eigenvalue weighted by Crippen LogP contribution is 2.23. The van der Waals surface area contributed by atoms with Crippen molar-refractivity contribution in [3.63, 3.8) is 0 Å². The van der Waals surface area contributed by atoms with Crippen LogP contribution in [0.2, 0.25) is 0 Å². The van der Waals surface area contributed by atoms with E-state index in [9.17, 15) is 9.59 Å². The number of para-hydroxylation sites is 1. The quantitative estimate of drug-likeness (QED) is 0.498. The van der Waals surface area contributed by atoms with Gasteiger partial charge in [-0.25, -0.2) is 0 Å². The molecule has 1 amide bonds. The Morgan fingerprint density at radius 2 is 1.60 bits per heavy atom. The molecule has 5 nitrogen and oxygen atoms in total. The summed E-state index contributed by atoms with van der Waals surface area (Å²) in [7, 11) is 0. The van der Waals surface area contributed by atoms with E-state index in [4.69, 9.17) is 9.15 Å². The lowest BCUT2D eigenvalue weighted by Gasteiger charge is -2.14. The maximum absolute atomic E-state index is 12.3. The summed E-state index contributed by atoms with van der Waals surface area (Å²) >= 11 is 0. The van der Waals surface area contributed by atoms with Crippen LogP contribution < -0.4 is 5.32 Å². The zero-order chi connectivity index (χ0) is 21.3. The molecule has 0 spiro atoms. The van der Waals surface area contributed by atoms with Gasteiger partial charge < -0.3 is 14.5 Å². The summed E-state index contributed by atoms with van der Waals surface area (Å²) < 4.78 is 10.9. The molecule has 0 radical (unpaired) electrons. The number of esters is 1. The number of rotatable bonds is 9. The van der Waals surface area contributed by atoms with Gasteiger partial charge in [0.15, 0.2) is 6.61 Å². The Bertz CT molecular complexity index is 969. The molecule has 0 aliphatic carbocycles. The Kier molecular flexibility index (Phi) is 7.44. The molecule has 1 aromatic heterocycles. The maximum atomic E-state index is 12.3. The summed E-state index contributed by atoms with van der Waals surface area (Å²) in [6.07, 6.45) is 2.21. The molecule has 5 heteroatoms. The fourth-order valence-electron chi connectivity index (χ4n) is 3.29. The van der Waals surface area contributed by atoms with E-state index in [1.807, 2.05) is 74.5 Å². The van der Waals surface area contributed by atoms with Gasteiger partial charge in [0.05, 0.1) is 6.42 Å². The van der Waals surface area contributed by atoms with E-state index in [0.29, 0.717) is 12.2 Å². The van der Waals surface area contributed by atoms with E-state index in [2.05, 4.69) is 5.32 Å². The second kappa shape index (κ2) is 10.4. The Morgan fingerprint density at radius 3 is 2.27 bits per heavy atom. The lowest BCUT2D eigenvalue weighted by molar-refractivity contribution is -0.147. The molecule has 0 atom stereocenters. The van der Waals surface area contributed by atoms with Crippen LogP contribution in [0.15, 0.2) is 65.1 Å². The minimum absolute atomic E-state index is 0.154. The minimum atomic E-state index is -0.428. The highest BCUT2D eigenvalue weighted by atomic mass is 16.5. The Hall–Kier alpha value is -3.34. The normalized spacial score (nSPS) is 10.6. The van der Waals surface area contributed by atoms with Crippen LogP contribution in [-0.2, 0) is 33.6 Å². The number of carbonyl (C=O) groups excluding carboxylic acids is 2. The zero-order valence-corrected chi connectivity index (χ0v) is 17.4. The Labute approximate surface area is 177 Å². The number of nitrogens with one attached hydrogen (secondary N) is 1. The van der Waals surface area contributed by atoms with Crippen LogP contribution in [0.25, 0.3) is 11.3 Å². The van der Waals surface area contributed by atoms with E-state index in [-0.39, 0.29) is 18.9 Å². The summed E-state index contributed by atoms with van der Waals surface area (Å²) in [5.74, 6) is 0.713. The van der Waals surface area contributed by atoms with Gasteiger partial charge in [-0.3, -0.25) is 9.59 Å². The van der Waals surface area contributed by atoms with Crippen molar-refractivity contribution in [3.05, 3.63) is 77.6 Å². The van der Waals surface area contributed by atoms with Gasteiger partial charge >= 0.3 is 5.97 Å². The van der Waals surface area contributed by atoms with Crippen LogP contribution in [-0.4, -0.2) is 18.5 Å². The molecule has 3 aromatic rings. The molecule has 1 N–H and O–H groups in total. The summed E-state index contributed by atoms with van der Waals surface area (Å²) in [6, 6.07) is 19.5. The molecule has 0 aliphatic heterocycles. The van der Waals surface area contributed by atoms with Crippen molar-refractivity contribution < 1.29 is 18.7 Å². The number of hydrogen-bond acceptors (Lipinski definition) is 4. The first-order valence-corrected chi connectivity index (χ1v) is 10.3. The highest BCUT2D eigenvalue weighted by molar-refractivity contribution is 5.94. The molecule has 1 heterocycles. The first kappa shape index (κ1) is 21.4. The van der Waals surface area contributed by atoms with E-state index in [0.717, 1.165) is 41.0 Å². The van der Waals surface area contributed by atoms with Gasteiger partial charge in [0, 0.05) is 17.7 Å². The van der Waals surface area contributed by atoms with Crippen molar-refractivity contribution in [2.24, 2.45) is 0 Å². The van der Waals surface area contributed by atoms with Crippen molar-refractivity contribution in [3.8, 4) is 11.3 Å². The fourth-order valence-corrected chi connectivity index (χ4v) is 3.29. The number of hydrogen-bond donors (Lipinski definition) is 1. The molecular formula is C25H27NO4. The standard InChI is InChI=1S/C25H27NO4/c1-3-18-11-8-12-19(4-2)25(18)26-23(27)17-29-24(28)16-14-21-13-15-22(30-21)20-9-6-5-7-10-20/h5-13,15H,3-4,14,16-17H2,1-2H3,(H,26,27). The molecule has 0 aliphatic rings. The third kappa shape index (κ3) is 5.60. The molecule has 0 saturated heterocycles. The van der Waals surface area contributed by atoms with Crippen LogP contribution in [0.4, 0.5) is 5.69 Å². The van der Waals surface area contributed by atoms with Crippen molar-refractivity contribution in [1.29, 1.82) is 0 Å². The summed E-state index contributed by atoms with van der Waals surface area (Å²) in [5.41, 5.74) is 3.96. The van der Waals surface area contributed by atoms with E-state index in [1.54, 1.807) is 0 Å². The van der Waals surface area contributed by atoms with Gasteiger partial charge in [0.25, 0.3) is 5.91 Å². The fraction of sp³-hybridized carbons (Fsp3) is 0.280. The molecular weight excluding hydrogens is 378 g/mol. The van der Waals surface area contributed by atoms with Gasteiger partial charge in [0.1, 0.15) is 11.5 Å². The van der Waals surface area contributed by atoms with Crippen LogP contribution in [0.1, 0.15) is 37.2 Å². The van der Waals surface area contributed by atoms with Crippen molar-refractivity contribution in [2.45, 2.75) is 39.5 Å². The first-order valence-electron chi connectivity index (χ1n) is 10.3. The number of aryl methyl sites for hydroxylation is 3. The number of amides is 1. The SMILES string of the molecule is CCc1cccc(CC)c1NC(=O)COC(=O)CCc1ccc(-c2ccccc2)o1. The maximum Gasteiger partial charge on any atom is 0.306 e. The Balaban J connectivity index is 1.47. The third-order valence-electron chi connectivity index (χ3n) is 4.92. The van der Waals surface area contributed by atoms with Crippen LogP contribution in [0.3, 0.4) is 0 Å². The second-order valence-corrected chi connectivity index (χ2v) is 7.00. The van der Waals surface area contributed by atoms with Crippen molar-refractivity contribution in [2.75, 3.05) is 11.9 Å². The molecule has 0 unspecified atom stereocenters. The number of benzene rings is 2. The van der Waals surface area contributed by atoms with Crippen LogP contribution >= 0.6 is 0 Å². The molecule has 156 valence electrons. The molecule has 0 saturated carbocycles. The van der Waals surface area contributed by atoms with Gasteiger partial charge in [-0.15, -0.1) is 0 Å². The average molecular weight is 405 g/mol. The van der Waals surface area contributed by atoms with Gasteiger partial charge in [-0.2, -0.15) is 0 Å². The number of furan rings is 1. The molecule has 30 heavy (non-hydrogen) atoms. The topological polar surface area (TPSA) is 68.5 Å². The van der Waals surface area contributed by atoms with E-state index in [1.165, 1.54) is 0 Å². The summed E-state index contributed by atoms with van der Waals surface area (Å²) in [6.45, 7) is 3.79. The van der Waals surface area contributed by atoms with Gasteiger partial charge in [0.2, 0.25) is 0 Å². The number of anilines is 1. The largest absolute Gasteiger partial charge is 0.461 e. The molecule has 0 fully saturated rings. The van der Waals surface area contributed by atoms with Gasteiger partial charge in [-0.1, -0.05) is 62.4 Å². The predicted octanol–water partition coefficient (Wildman–Crippen LogP) is 5.19. The number of ether oxygens (including phenoxy) is 1. The lowest BCUT2D eigenvalue weighted by Crippen LogP contribution is -2.22. The second-order valence-electron chi connectivity index (χ2n) is 7.00. The van der Waals surface area contributed by atoms with E-state index < -0.39 is 5.97 Å². The van der Waals surface area contributed by atoms with Crippen LogP contribution in [0, 0.1) is 0 Å². The highest BCUT2D eigenvalue weighted by Gasteiger charge is 2.13. The lowest BCUT2D eigenvalue weighted by atomic mass is 10.0. The zero-order valence-electron chi connectivity index (χ0n) is 17.4. The Morgan fingerprint density at radius 1 is 0.900 bits per heavy atom. The number of carbonyl (C=O) groups is 2. The third-order valence-corrected chi connectivity index (χ3v) is 4.92. The van der Waals surface area contributed by atoms with Crippen molar-refractivity contribution >= 4 is 17.6 Å². The minimum Gasteiger partial charge on any atom is -0.461 e. The summed E-state index contributed by atoms with van der Waals surface area (Å²) in [5, 5.41) is 2.90. The first-order chi connectivity index (χ1) is 14.6. The monoisotopic (exact) mass is 405 g/mol. The summed E-state index contributed by atoms with van der Waals surface area (Å²) in [4.78, 5) is 24.3. The van der Waals surface area contributed by atoms with Gasteiger partial charge in [-0.05, 0) is 36.1 Å². The molecule has 0 bridgehead atoms. The molecule has 2 aromatic carbocycles.